The van der Waals surface area contributed by atoms with E-state index in [1.54, 1.807) is 12.1 Å². The van der Waals surface area contributed by atoms with Crippen LogP contribution in [-0.4, -0.2) is 0 Å². The van der Waals surface area contributed by atoms with Crippen LogP contribution in [0.1, 0.15) is 6.85 Å². The molecule has 0 heterocycles. The van der Waals surface area contributed by atoms with E-state index < -0.39 is 0 Å². The molecule has 0 radical (unpaired) electrons. The maximum Gasteiger partial charge on any atom is 0.0629 e. The van der Waals surface area contributed by atoms with Crippen molar-refractivity contribution < 1.29 is 6.85 Å². The summed E-state index contributed by atoms with van der Waals surface area (Å²) in [5.41, 5.74) is 4.77. The minimum absolute atomic E-state index is 0.198. The predicted octanol–water partition coefficient (Wildman–Crippen LogP) is 6.76. The van der Waals surface area contributed by atoms with Gasteiger partial charge in [0, 0.05) is 16.9 Å². The van der Waals surface area contributed by atoms with Crippen molar-refractivity contribution in [3.8, 4) is 22.3 Å². The van der Waals surface area contributed by atoms with Crippen molar-refractivity contribution in [1.82, 2.24) is 0 Å². The first-order chi connectivity index (χ1) is 14.5. The van der Waals surface area contributed by atoms with Crippen LogP contribution < -0.4 is 5.32 Å². The lowest BCUT2D eigenvalue weighted by Gasteiger charge is -2.13. The van der Waals surface area contributed by atoms with Gasteiger partial charge in [0.05, 0.1) is 6.85 Å². The third-order valence-corrected chi connectivity index (χ3v) is 3.96. The largest absolute Gasteiger partial charge is 0.355 e. The number of rotatable bonds is 4. The molecule has 25 heavy (non-hydrogen) atoms. The Morgan fingerprint density at radius 3 is 2.00 bits per heavy atom. The number of hydrogen-bond acceptors (Lipinski definition) is 1. The summed E-state index contributed by atoms with van der Waals surface area (Å²) in [5, 5.41) is 3.41. The van der Waals surface area contributed by atoms with E-state index in [-0.39, 0.29) is 35.8 Å². The minimum Gasteiger partial charge on any atom is -0.355 e. The van der Waals surface area contributed by atoms with Crippen molar-refractivity contribution in [2.45, 2.75) is 0 Å². The van der Waals surface area contributed by atoms with Gasteiger partial charge in [0.1, 0.15) is 0 Å². The maximum atomic E-state index is 8.14. The summed E-state index contributed by atoms with van der Waals surface area (Å²) < 4.78 is 39.7. The third kappa shape index (κ3) is 3.46. The number of anilines is 2. The zero-order valence-corrected chi connectivity index (χ0v) is 13.5. The molecule has 0 saturated carbocycles. The van der Waals surface area contributed by atoms with E-state index in [2.05, 4.69) is 23.5 Å². The molecule has 1 heteroatoms. The van der Waals surface area contributed by atoms with Crippen molar-refractivity contribution in [2.24, 2.45) is 0 Å². The van der Waals surface area contributed by atoms with Crippen molar-refractivity contribution in [2.75, 3.05) is 5.32 Å². The molecule has 0 bridgehead atoms. The standard InChI is InChI=1S/C24H19N/c1-3-9-19(10-4-1)20-15-17-22(18-16-20)25-24-14-8-7-13-23(24)21-11-5-2-6-12-21/h1-18,25H/i1D,3D,4D,9D,10D. The van der Waals surface area contributed by atoms with Gasteiger partial charge in [0.25, 0.3) is 0 Å². The summed E-state index contributed by atoms with van der Waals surface area (Å²) in [4.78, 5) is 0. The Hall–Kier alpha value is -3.32. The van der Waals surface area contributed by atoms with Crippen molar-refractivity contribution >= 4 is 11.4 Å². The van der Waals surface area contributed by atoms with E-state index in [1.807, 2.05) is 48.5 Å². The molecule has 0 aliphatic carbocycles. The number of para-hydroxylation sites is 1. The van der Waals surface area contributed by atoms with Crippen LogP contribution in [0.5, 0.6) is 0 Å². The summed E-state index contributed by atoms with van der Waals surface area (Å²) in [6.07, 6.45) is 0. The molecule has 0 aromatic heterocycles. The second-order valence-electron chi connectivity index (χ2n) is 5.61. The Morgan fingerprint density at radius 2 is 1.24 bits per heavy atom. The zero-order valence-electron chi connectivity index (χ0n) is 18.5. The van der Waals surface area contributed by atoms with Gasteiger partial charge in [0.2, 0.25) is 0 Å². The molecule has 1 nitrogen and oxygen atoms in total. The highest BCUT2D eigenvalue weighted by molar-refractivity contribution is 5.81. The number of hydrogen-bond donors (Lipinski definition) is 1. The van der Waals surface area contributed by atoms with Gasteiger partial charge in [-0.2, -0.15) is 0 Å². The van der Waals surface area contributed by atoms with E-state index in [9.17, 15) is 0 Å². The van der Waals surface area contributed by atoms with Crippen LogP contribution >= 0.6 is 0 Å². The molecule has 0 aliphatic heterocycles. The fraction of sp³-hybridized carbons (Fsp3) is 0. The number of nitrogens with one attached hydrogen (secondary N) is 1. The summed E-state index contributed by atoms with van der Waals surface area (Å²) in [6.45, 7) is 0. The van der Waals surface area contributed by atoms with Gasteiger partial charge < -0.3 is 5.32 Å². The van der Waals surface area contributed by atoms with Gasteiger partial charge in [-0.3, -0.25) is 0 Å². The highest BCUT2D eigenvalue weighted by Gasteiger charge is 2.05. The van der Waals surface area contributed by atoms with E-state index in [4.69, 9.17) is 6.85 Å². The summed E-state index contributed by atoms with van der Waals surface area (Å²) in [6, 6.07) is 23.9. The van der Waals surface area contributed by atoms with Gasteiger partial charge in [0.15, 0.2) is 0 Å². The van der Waals surface area contributed by atoms with Gasteiger partial charge in [-0.05, 0) is 34.9 Å². The summed E-state index contributed by atoms with van der Waals surface area (Å²) in [5.74, 6) is 0. The minimum atomic E-state index is -0.385. The molecule has 0 unspecified atom stereocenters. The average Bonchev–Trinajstić information content (AvgIpc) is 2.78. The fourth-order valence-corrected chi connectivity index (χ4v) is 2.73. The lowest BCUT2D eigenvalue weighted by molar-refractivity contribution is 1.53. The quantitative estimate of drug-likeness (QED) is 0.436. The molecule has 4 rings (SSSR count). The monoisotopic (exact) mass is 326 g/mol. The molecule has 4 aromatic carbocycles. The highest BCUT2D eigenvalue weighted by Crippen LogP contribution is 2.30. The lowest BCUT2D eigenvalue weighted by atomic mass is 10.0. The van der Waals surface area contributed by atoms with Crippen LogP contribution in [0.4, 0.5) is 11.4 Å². The Balaban J connectivity index is 1.68. The van der Waals surface area contributed by atoms with Gasteiger partial charge >= 0.3 is 0 Å². The van der Waals surface area contributed by atoms with Crippen LogP contribution in [0, 0.1) is 0 Å². The zero-order chi connectivity index (χ0) is 21.3. The van der Waals surface area contributed by atoms with Crippen LogP contribution in [0.2, 0.25) is 0 Å². The Morgan fingerprint density at radius 1 is 0.560 bits per heavy atom. The van der Waals surface area contributed by atoms with E-state index in [0.717, 1.165) is 22.5 Å². The van der Waals surface area contributed by atoms with Gasteiger partial charge in [-0.1, -0.05) is 90.9 Å². The van der Waals surface area contributed by atoms with Crippen LogP contribution in [0.3, 0.4) is 0 Å². The predicted molar refractivity (Wildman–Crippen MR) is 107 cm³/mol. The molecule has 1 N–H and O–H groups in total. The van der Waals surface area contributed by atoms with E-state index >= 15 is 0 Å². The fourth-order valence-electron chi connectivity index (χ4n) is 2.73. The second-order valence-corrected chi connectivity index (χ2v) is 5.61. The molecule has 0 spiro atoms. The first-order valence-electron chi connectivity index (χ1n) is 10.6. The Kier molecular flexibility index (Phi) is 2.97. The molecule has 120 valence electrons. The first-order valence-corrected chi connectivity index (χ1v) is 8.06. The number of benzene rings is 4. The molecule has 0 aliphatic rings. The summed E-state index contributed by atoms with van der Waals surface area (Å²) in [7, 11) is 0. The third-order valence-electron chi connectivity index (χ3n) is 3.96. The Bertz CT molecular complexity index is 1180. The van der Waals surface area contributed by atoms with Crippen molar-refractivity contribution in [1.29, 1.82) is 0 Å². The maximum absolute atomic E-state index is 8.14. The molecule has 4 aromatic rings. The van der Waals surface area contributed by atoms with E-state index in [1.165, 1.54) is 0 Å². The lowest BCUT2D eigenvalue weighted by Crippen LogP contribution is -1.93. The summed E-state index contributed by atoms with van der Waals surface area (Å²) >= 11 is 0. The molecular formula is C24H19N. The van der Waals surface area contributed by atoms with Crippen LogP contribution in [0.15, 0.2) is 109 Å². The van der Waals surface area contributed by atoms with Gasteiger partial charge in [-0.15, -0.1) is 0 Å². The smallest absolute Gasteiger partial charge is 0.0629 e. The molecule has 0 amide bonds. The Labute approximate surface area is 155 Å². The van der Waals surface area contributed by atoms with Crippen molar-refractivity contribution in [3.63, 3.8) is 0 Å². The SMILES string of the molecule is [2H]c1c([2H])c([2H])c(-c2ccc(Nc3ccccc3-c3ccccc3)cc2)c([2H])c1[2H]. The topological polar surface area (TPSA) is 12.0 Å². The molecule has 0 atom stereocenters. The van der Waals surface area contributed by atoms with Crippen LogP contribution in [0.25, 0.3) is 22.3 Å². The van der Waals surface area contributed by atoms with Crippen LogP contribution in [-0.2, 0) is 0 Å². The van der Waals surface area contributed by atoms with Gasteiger partial charge in [-0.25, -0.2) is 0 Å². The van der Waals surface area contributed by atoms with E-state index in [0.29, 0.717) is 5.56 Å². The second kappa shape index (κ2) is 7.06. The molecule has 0 saturated heterocycles. The van der Waals surface area contributed by atoms with Crippen molar-refractivity contribution in [3.05, 3.63) is 109 Å². The molecule has 0 fully saturated rings. The molecular weight excluding hydrogens is 302 g/mol. The first kappa shape index (κ1) is 10.5. The average molecular weight is 326 g/mol. The normalized spacial score (nSPS) is 13.2. The highest BCUT2D eigenvalue weighted by atomic mass is 14.9.